The largest absolute Gasteiger partial charge is 0.470 e. The fraction of sp³-hybridized carbons (Fsp3) is 1.00. The molecule has 5 heteroatoms. The van der Waals surface area contributed by atoms with Gasteiger partial charge in [0.2, 0.25) is 0 Å². The third kappa shape index (κ3) is 14.9. The Hall–Kier alpha value is 0.110. The topological polar surface area (TPSA) is 66.8 Å². The number of phosphoric ester groups is 1. The summed E-state index contributed by atoms with van der Waals surface area (Å²) >= 11 is 0. The molecule has 4 nitrogen and oxygen atoms in total. The Bertz CT molecular complexity index is 337. The molecule has 25 heavy (non-hydrogen) atoms. The van der Waals surface area contributed by atoms with Crippen molar-refractivity contribution in [2.45, 2.75) is 129 Å². The second-order valence-corrected chi connectivity index (χ2v) is 8.63. The number of phosphoric acid groups is 1. The van der Waals surface area contributed by atoms with Gasteiger partial charge in [-0.25, -0.2) is 4.57 Å². The predicted molar refractivity (Wildman–Crippen MR) is 107 cm³/mol. The summed E-state index contributed by atoms with van der Waals surface area (Å²) in [6, 6.07) is 0. The highest BCUT2D eigenvalue weighted by molar-refractivity contribution is 7.46. The first-order valence-electron chi connectivity index (χ1n) is 10.7. The smallest absolute Gasteiger partial charge is 0.303 e. The van der Waals surface area contributed by atoms with E-state index in [1.165, 1.54) is 70.6 Å². The molecule has 152 valence electrons. The summed E-state index contributed by atoms with van der Waals surface area (Å²) in [7, 11) is -4.41. The quantitative estimate of drug-likeness (QED) is 0.196. The first-order valence-corrected chi connectivity index (χ1v) is 12.2. The standard InChI is InChI=1S/C20H43O4P/c1-4-7-8-9-10-11-12-13-14-15-16-17-18-19-20(5-2,6-3)24-25(21,22)23/h4-19H2,1-3H3,(H2,21,22,23). The summed E-state index contributed by atoms with van der Waals surface area (Å²) in [6.07, 6.45) is 19.0. The van der Waals surface area contributed by atoms with Crippen LogP contribution in [0.2, 0.25) is 0 Å². The SMILES string of the molecule is CCCCCCCCCCCCCCCC(CC)(CC)OP(=O)(O)O. The minimum Gasteiger partial charge on any atom is -0.303 e. The molecule has 0 aliphatic rings. The maximum Gasteiger partial charge on any atom is 0.470 e. The molecule has 0 saturated heterocycles. The van der Waals surface area contributed by atoms with Crippen LogP contribution in [-0.2, 0) is 9.09 Å². The Morgan fingerprint density at radius 3 is 1.36 bits per heavy atom. The zero-order valence-corrected chi connectivity index (χ0v) is 17.9. The highest BCUT2D eigenvalue weighted by atomic mass is 31.2. The molecule has 0 aliphatic carbocycles. The van der Waals surface area contributed by atoms with Gasteiger partial charge in [0.25, 0.3) is 0 Å². The lowest BCUT2D eigenvalue weighted by Crippen LogP contribution is -2.29. The van der Waals surface area contributed by atoms with Crippen molar-refractivity contribution in [2.75, 3.05) is 0 Å². The van der Waals surface area contributed by atoms with Crippen LogP contribution in [0.25, 0.3) is 0 Å². The molecule has 0 radical (unpaired) electrons. The van der Waals surface area contributed by atoms with Crippen LogP contribution >= 0.6 is 7.82 Å². The van der Waals surface area contributed by atoms with Crippen LogP contribution in [0.15, 0.2) is 0 Å². The summed E-state index contributed by atoms with van der Waals surface area (Å²) in [5.41, 5.74) is -0.656. The van der Waals surface area contributed by atoms with E-state index in [-0.39, 0.29) is 0 Å². The maximum absolute atomic E-state index is 11.2. The van der Waals surface area contributed by atoms with Crippen LogP contribution in [0, 0.1) is 0 Å². The average molecular weight is 379 g/mol. The first kappa shape index (κ1) is 25.1. The fourth-order valence-corrected chi connectivity index (χ4v) is 4.35. The summed E-state index contributed by atoms with van der Waals surface area (Å²) in [6.45, 7) is 6.15. The van der Waals surface area contributed by atoms with Crippen LogP contribution in [0.3, 0.4) is 0 Å². The first-order chi connectivity index (χ1) is 11.9. The lowest BCUT2D eigenvalue weighted by Gasteiger charge is -2.31. The van der Waals surface area contributed by atoms with Crippen molar-refractivity contribution in [1.82, 2.24) is 0 Å². The van der Waals surface area contributed by atoms with Crippen molar-refractivity contribution in [3.05, 3.63) is 0 Å². The number of hydrogen-bond acceptors (Lipinski definition) is 2. The van der Waals surface area contributed by atoms with Gasteiger partial charge in [0.05, 0.1) is 5.60 Å². The minimum absolute atomic E-state index is 0.646. The van der Waals surface area contributed by atoms with E-state index in [4.69, 9.17) is 14.3 Å². The zero-order chi connectivity index (χ0) is 19.0. The predicted octanol–water partition coefficient (Wildman–Crippen LogP) is 7.14. The second-order valence-electron chi connectivity index (χ2n) is 7.46. The van der Waals surface area contributed by atoms with Crippen LogP contribution in [0.4, 0.5) is 0 Å². The summed E-state index contributed by atoms with van der Waals surface area (Å²) < 4.78 is 16.3. The lowest BCUT2D eigenvalue weighted by molar-refractivity contribution is 0.0173. The van der Waals surface area contributed by atoms with Gasteiger partial charge in [-0.2, -0.15) is 0 Å². The fourth-order valence-electron chi connectivity index (χ4n) is 3.50. The monoisotopic (exact) mass is 378 g/mol. The molecule has 0 unspecified atom stereocenters. The average Bonchev–Trinajstić information content (AvgIpc) is 2.57. The van der Waals surface area contributed by atoms with Gasteiger partial charge in [-0.3, -0.25) is 4.52 Å². The van der Waals surface area contributed by atoms with Crippen molar-refractivity contribution >= 4 is 7.82 Å². The van der Waals surface area contributed by atoms with Crippen molar-refractivity contribution < 1.29 is 18.9 Å². The molecule has 0 atom stereocenters. The van der Waals surface area contributed by atoms with E-state index in [2.05, 4.69) is 6.92 Å². The number of hydrogen-bond donors (Lipinski definition) is 2. The van der Waals surface area contributed by atoms with Gasteiger partial charge < -0.3 is 9.79 Å². The van der Waals surface area contributed by atoms with Gasteiger partial charge >= 0.3 is 7.82 Å². The van der Waals surface area contributed by atoms with E-state index < -0.39 is 13.4 Å². The normalized spacial score (nSPS) is 12.7. The van der Waals surface area contributed by atoms with E-state index in [9.17, 15) is 4.57 Å². The third-order valence-electron chi connectivity index (χ3n) is 5.34. The van der Waals surface area contributed by atoms with Crippen molar-refractivity contribution in [2.24, 2.45) is 0 Å². The van der Waals surface area contributed by atoms with E-state index in [1.807, 2.05) is 13.8 Å². The van der Waals surface area contributed by atoms with E-state index in [1.54, 1.807) is 0 Å². The zero-order valence-electron chi connectivity index (χ0n) is 17.0. The molecule has 2 N–H and O–H groups in total. The Labute approximate surface area is 156 Å². The Kier molecular flexibility index (Phi) is 15.3. The van der Waals surface area contributed by atoms with Gasteiger partial charge in [-0.15, -0.1) is 0 Å². The molecule has 0 bridgehead atoms. The molecular weight excluding hydrogens is 335 g/mol. The van der Waals surface area contributed by atoms with Crippen LogP contribution in [-0.4, -0.2) is 15.4 Å². The molecule has 0 amide bonds. The molecule has 0 rings (SSSR count). The Balaban J connectivity index is 3.59. The van der Waals surface area contributed by atoms with Crippen LogP contribution < -0.4 is 0 Å². The van der Waals surface area contributed by atoms with Crippen molar-refractivity contribution in [3.8, 4) is 0 Å². The lowest BCUT2D eigenvalue weighted by atomic mass is 9.90. The summed E-state index contributed by atoms with van der Waals surface area (Å²) in [5.74, 6) is 0. The van der Waals surface area contributed by atoms with Crippen molar-refractivity contribution in [1.29, 1.82) is 0 Å². The Morgan fingerprint density at radius 1 is 0.680 bits per heavy atom. The van der Waals surface area contributed by atoms with Gasteiger partial charge in [-0.1, -0.05) is 104 Å². The molecule has 0 spiro atoms. The molecule has 0 aromatic rings. The summed E-state index contributed by atoms with van der Waals surface area (Å²) in [5, 5.41) is 0. The van der Waals surface area contributed by atoms with Crippen molar-refractivity contribution in [3.63, 3.8) is 0 Å². The third-order valence-corrected chi connectivity index (χ3v) is 5.96. The second kappa shape index (κ2) is 15.2. The molecular formula is C20H43O4P. The van der Waals surface area contributed by atoms with Crippen LogP contribution in [0.1, 0.15) is 124 Å². The maximum atomic E-state index is 11.2. The number of unbranched alkanes of at least 4 members (excludes halogenated alkanes) is 12. The molecule has 0 aromatic heterocycles. The molecule has 0 aromatic carbocycles. The van der Waals surface area contributed by atoms with Gasteiger partial charge in [0, 0.05) is 0 Å². The van der Waals surface area contributed by atoms with E-state index >= 15 is 0 Å². The highest BCUT2D eigenvalue weighted by Crippen LogP contribution is 2.45. The van der Waals surface area contributed by atoms with E-state index in [0.29, 0.717) is 12.8 Å². The van der Waals surface area contributed by atoms with E-state index in [0.717, 1.165) is 19.3 Å². The summed E-state index contributed by atoms with van der Waals surface area (Å²) in [4.78, 5) is 18.2. The molecule has 0 saturated carbocycles. The van der Waals surface area contributed by atoms with Gasteiger partial charge in [0.15, 0.2) is 0 Å². The number of rotatable bonds is 18. The van der Waals surface area contributed by atoms with Gasteiger partial charge in [-0.05, 0) is 19.3 Å². The molecule has 0 fully saturated rings. The Morgan fingerprint density at radius 2 is 1.04 bits per heavy atom. The minimum atomic E-state index is -4.41. The van der Waals surface area contributed by atoms with Crippen LogP contribution in [0.5, 0.6) is 0 Å². The van der Waals surface area contributed by atoms with Gasteiger partial charge in [0.1, 0.15) is 0 Å². The molecule has 0 aliphatic heterocycles. The highest BCUT2D eigenvalue weighted by Gasteiger charge is 2.34. The molecule has 0 heterocycles.